The minimum absolute atomic E-state index is 0.00894. The Morgan fingerprint density at radius 2 is 1.68 bits per heavy atom. The molecule has 0 amide bonds. The lowest BCUT2D eigenvalue weighted by atomic mass is 10.0. The standard InChI is InChI=1S/C21H23FN6O2S/c1-14-6-15(2)28(25-14)21-8-20(23-13-24-21)26-9-16-11-27(12-17(16)10-26)31(29,30)19-5-3-4-18(22)7-19/h3-8,13,16-17H,9-12H2,1-2H3. The second-order valence-corrected chi connectivity index (χ2v) is 10.2. The van der Waals surface area contributed by atoms with E-state index in [4.69, 9.17) is 0 Å². The zero-order valence-corrected chi connectivity index (χ0v) is 18.1. The topological polar surface area (TPSA) is 84.2 Å². The fourth-order valence-corrected chi connectivity index (χ4v) is 6.18. The van der Waals surface area contributed by atoms with Crippen LogP contribution in [-0.4, -0.2) is 58.7 Å². The number of benzene rings is 1. The summed E-state index contributed by atoms with van der Waals surface area (Å²) < 4.78 is 42.6. The molecule has 10 heteroatoms. The Morgan fingerprint density at radius 1 is 0.968 bits per heavy atom. The van der Waals surface area contributed by atoms with Crippen LogP contribution in [-0.2, 0) is 10.0 Å². The summed E-state index contributed by atoms with van der Waals surface area (Å²) in [5.41, 5.74) is 1.92. The van der Waals surface area contributed by atoms with Gasteiger partial charge >= 0.3 is 0 Å². The molecule has 2 atom stereocenters. The Hall–Kier alpha value is -2.85. The van der Waals surface area contributed by atoms with E-state index in [1.165, 1.54) is 28.8 Å². The number of anilines is 1. The van der Waals surface area contributed by atoms with Crippen molar-refractivity contribution in [2.24, 2.45) is 11.8 Å². The largest absolute Gasteiger partial charge is 0.356 e. The first kappa shape index (κ1) is 20.1. The first-order valence-electron chi connectivity index (χ1n) is 10.2. The molecule has 4 heterocycles. The van der Waals surface area contributed by atoms with Gasteiger partial charge in [-0.05, 0) is 49.9 Å². The Balaban J connectivity index is 1.32. The summed E-state index contributed by atoms with van der Waals surface area (Å²) in [6.45, 7) is 6.21. The van der Waals surface area contributed by atoms with Gasteiger partial charge < -0.3 is 4.90 Å². The number of rotatable bonds is 4. The molecule has 0 N–H and O–H groups in total. The van der Waals surface area contributed by atoms with Crippen LogP contribution in [0.15, 0.2) is 47.6 Å². The van der Waals surface area contributed by atoms with Crippen LogP contribution in [0, 0.1) is 31.5 Å². The third-order valence-electron chi connectivity index (χ3n) is 6.08. The summed E-state index contributed by atoms with van der Waals surface area (Å²) in [4.78, 5) is 11.0. The Morgan fingerprint density at radius 3 is 2.32 bits per heavy atom. The number of nitrogens with zero attached hydrogens (tertiary/aromatic N) is 6. The molecule has 0 bridgehead atoms. The Bertz CT molecular complexity index is 1230. The van der Waals surface area contributed by atoms with Crippen molar-refractivity contribution in [2.75, 3.05) is 31.1 Å². The molecule has 0 spiro atoms. The molecule has 2 fully saturated rings. The first-order valence-corrected chi connectivity index (χ1v) is 11.6. The van der Waals surface area contributed by atoms with Gasteiger partial charge in [-0.3, -0.25) is 0 Å². The number of fused-ring (bicyclic) bond motifs is 1. The molecule has 2 aliphatic heterocycles. The van der Waals surface area contributed by atoms with Gasteiger partial charge in [0.05, 0.1) is 10.6 Å². The predicted octanol–water partition coefficient (Wildman–Crippen LogP) is 2.18. The molecule has 2 aliphatic rings. The fourth-order valence-electron chi connectivity index (χ4n) is 4.60. The van der Waals surface area contributed by atoms with E-state index in [1.54, 1.807) is 4.68 Å². The minimum Gasteiger partial charge on any atom is -0.356 e. The van der Waals surface area contributed by atoms with Crippen molar-refractivity contribution < 1.29 is 12.8 Å². The van der Waals surface area contributed by atoms with Gasteiger partial charge in [0.1, 0.15) is 18.0 Å². The Kier molecular flexibility index (Phi) is 4.78. The quantitative estimate of drug-likeness (QED) is 0.616. The molecule has 1 aromatic carbocycles. The molecule has 31 heavy (non-hydrogen) atoms. The summed E-state index contributed by atoms with van der Waals surface area (Å²) in [5.74, 6) is 1.38. The highest BCUT2D eigenvalue weighted by Gasteiger charge is 2.44. The van der Waals surface area contributed by atoms with Crippen LogP contribution < -0.4 is 4.90 Å². The molecule has 2 unspecified atom stereocenters. The van der Waals surface area contributed by atoms with E-state index < -0.39 is 15.8 Å². The second-order valence-electron chi connectivity index (χ2n) is 8.28. The normalized spacial score (nSPS) is 21.6. The van der Waals surface area contributed by atoms with Crippen LogP contribution >= 0.6 is 0 Å². The molecule has 162 valence electrons. The highest BCUT2D eigenvalue weighted by molar-refractivity contribution is 7.89. The van der Waals surface area contributed by atoms with Crippen molar-refractivity contribution >= 4 is 15.8 Å². The van der Waals surface area contributed by atoms with E-state index in [2.05, 4.69) is 20.0 Å². The highest BCUT2D eigenvalue weighted by Crippen LogP contribution is 2.36. The van der Waals surface area contributed by atoms with Crippen molar-refractivity contribution in [3.8, 4) is 5.82 Å². The van der Waals surface area contributed by atoms with Gasteiger partial charge in [-0.25, -0.2) is 27.5 Å². The average molecular weight is 443 g/mol. The number of hydrogen-bond donors (Lipinski definition) is 0. The molecular weight excluding hydrogens is 419 g/mol. The SMILES string of the molecule is Cc1cc(C)n(-c2cc(N3CC4CN(S(=O)(=O)c5cccc(F)c5)CC4C3)ncn2)n1. The average Bonchev–Trinajstić information content (AvgIpc) is 3.41. The van der Waals surface area contributed by atoms with Crippen molar-refractivity contribution in [3.05, 3.63) is 59.9 Å². The van der Waals surface area contributed by atoms with E-state index in [9.17, 15) is 12.8 Å². The summed E-state index contributed by atoms with van der Waals surface area (Å²) in [5, 5.41) is 4.49. The third kappa shape index (κ3) is 3.59. The smallest absolute Gasteiger partial charge is 0.243 e. The summed E-state index contributed by atoms with van der Waals surface area (Å²) >= 11 is 0. The summed E-state index contributed by atoms with van der Waals surface area (Å²) in [7, 11) is -3.69. The van der Waals surface area contributed by atoms with Crippen LogP contribution in [0.3, 0.4) is 0 Å². The predicted molar refractivity (Wildman–Crippen MR) is 113 cm³/mol. The third-order valence-corrected chi connectivity index (χ3v) is 7.90. The maximum Gasteiger partial charge on any atom is 0.243 e. The maximum atomic E-state index is 13.5. The second kappa shape index (κ2) is 7.38. The summed E-state index contributed by atoms with van der Waals surface area (Å²) in [6, 6.07) is 9.11. The van der Waals surface area contributed by atoms with Crippen LogP contribution in [0.2, 0.25) is 0 Å². The van der Waals surface area contributed by atoms with Crippen molar-refractivity contribution in [1.82, 2.24) is 24.1 Å². The van der Waals surface area contributed by atoms with E-state index in [0.29, 0.717) is 32.0 Å². The zero-order valence-electron chi connectivity index (χ0n) is 17.3. The van der Waals surface area contributed by atoms with E-state index >= 15 is 0 Å². The molecule has 2 aromatic heterocycles. The van der Waals surface area contributed by atoms with Gasteiger partial charge in [-0.1, -0.05) is 6.07 Å². The highest BCUT2D eigenvalue weighted by atomic mass is 32.2. The lowest BCUT2D eigenvalue weighted by Gasteiger charge is -2.22. The molecular formula is C21H23FN6O2S. The number of sulfonamides is 1. The van der Waals surface area contributed by atoms with Crippen LogP contribution in [0.1, 0.15) is 11.4 Å². The van der Waals surface area contributed by atoms with Gasteiger partial charge in [-0.2, -0.15) is 9.40 Å². The fraction of sp³-hybridized carbons (Fsp3) is 0.381. The molecule has 0 saturated carbocycles. The van der Waals surface area contributed by atoms with Gasteiger partial charge in [0.15, 0.2) is 5.82 Å². The summed E-state index contributed by atoms with van der Waals surface area (Å²) in [6.07, 6.45) is 1.54. The molecule has 0 aliphatic carbocycles. The van der Waals surface area contributed by atoms with E-state index in [0.717, 1.165) is 23.3 Å². The molecule has 0 radical (unpaired) electrons. The van der Waals surface area contributed by atoms with Gasteiger partial charge in [0.25, 0.3) is 0 Å². The zero-order chi connectivity index (χ0) is 21.8. The van der Waals surface area contributed by atoms with Crippen LogP contribution in [0.5, 0.6) is 0 Å². The molecule has 8 nitrogen and oxygen atoms in total. The maximum absolute atomic E-state index is 13.5. The minimum atomic E-state index is -3.69. The number of aromatic nitrogens is 4. The molecule has 3 aromatic rings. The van der Waals surface area contributed by atoms with Gasteiger partial charge in [0.2, 0.25) is 10.0 Å². The van der Waals surface area contributed by atoms with E-state index in [-0.39, 0.29) is 16.7 Å². The number of halogens is 1. The van der Waals surface area contributed by atoms with Gasteiger partial charge in [0, 0.05) is 37.9 Å². The molecule has 5 rings (SSSR count). The monoisotopic (exact) mass is 442 g/mol. The number of hydrogen-bond acceptors (Lipinski definition) is 6. The van der Waals surface area contributed by atoms with Crippen LogP contribution in [0.4, 0.5) is 10.2 Å². The number of aryl methyl sites for hydroxylation is 2. The van der Waals surface area contributed by atoms with Crippen molar-refractivity contribution in [1.29, 1.82) is 0 Å². The Labute approximate surface area is 180 Å². The van der Waals surface area contributed by atoms with Crippen molar-refractivity contribution in [3.63, 3.8) is 0 Å². The van der Waals surface area contributed by atoms with Crippen molar-refractivity contribution in [2.45, 2.75) is 18.7 Å². The lowest BCUT2D eigenvalue weighted by Crippen LogP contribution is -2.33. The van der Waals surface area contributed by atoms with E-state index in [1.807, 2.05) is 26.0 Å². The van der Waals surface area contributed by atoms with Crippen LogP contribution in [0.25, 0.3) is 5.82 Å². The molecule has 2 saturated heterocycles. The van der Waals surface area contributed by atoms with Gasteiger partial charge in [-0.15, -0.1) is 0 Å². The lowest BCUT2D eigenvalue weighted by molar-refractivity contribution is 0.452. The first-order chi connectivity index (χ1) is 14.8.